The molecule has 1 aliphatic carbocycles. The summed E-state index contributed by atoms with van der Waals surface area (Å²) in [5, 5.41) is 0. The van der Waals surface area contributed by atoms with Crippen LogP contribution in [-0.4, -0.2) is 14.5 Å². The summed E-state index contributed by atoms with van der Waals surface area (Å²) in [6.45, 7) is 1.92. The number of aryl methyl sites for hydroxylation is 1. The van der Waals surface area contributed by atoms with Crippen molar-refractivity contribution in [3.8, 4) is 5.75 Å². The zero-order valence-corrected chi connectivity index (χ0v) is 14.0. The van der Waals surface area contributed by atoms with Gasteiger partial charge in [-0.2, -0.15) is 0 Å². The van der Waals surface area contributed by atoms with Crippen molar-refractivity contribution < 1.29 is 13.2 Å². The molecule has 2 aromatic carbocycles. The normalized spacial score (nSPS) is 15.5. The highest BCUT2D eigenvalue weighted by Crippen LogP contribution is 2.25. The Kier molecular flexibility index (Phi) is 4.57. The summed E-state index contributed by atoms with van der Waals surface area (Å²) < 4.78 is 33.1. The van der Waals surface area contributed by atoms with Gasteiger partial charge in [0.05, 0.1) is 11.0 Å². The Balaban J connectivity index is 1.68. The molecule has 4 nitrogen and oxygen atoms in total. The van der Waals surface area contributed by atoms with E-state index in [2.05, 4.69) is 4.72 Å². The van der Waals surface area contributed by atoms with Crippen LogP contribution in [0.2, 0.25) is 0 Å². The second-order valence-electron chi connectivity index (χ2n) is 5.97. The average Bonchev–Trinajstić information content (AvgIpc) is 3.02. The lowest BCUT2D eigenvalue weighted by Crippen LogP contribution is -2.13. The molecule has 0 atom stereocenters. The Bertz CT molecular complexity index is 746. The van der Waals surface area contributed by atoms with Crippen molar-refractivity contribution in [2.45, 2.75) is 43.6 Å². The molecule has 0 heterocycles. The predicted octanol–water partition coefficient (Wildman–Crippen LogP) is 4.12. The van der Waals surface area contributed by atoms with E-state index in [1.165, 1.54) is 12.8 Å². The van der Waals surface area contributed by atoms with Crippen molar-refractivity contribution in [3.63, 3.8) is 0 Å². The molecule has 0 radical (unpaired) electrons. The maximum Gasteiger partial charge on any atom is 0.261 e. The molecule has 0 aromatic heterocycles. The van der Waals surface area contributed by atoms with Gasteiger partial charge in [0.15, 0.2) is 0 Å². The van der Waals surface area contributed by atoms with Crippen molar-refractivity contribution in [3.05, 3.63) is 54.1 Å². The molecule has 2 aromatic rings. The molecule has 3 rings (SSSR count). The van der Waals surface area contributed by atoms with Gasteiger partial charge in [-0.1, -0.05) is 17.7 Å². The Morgan fingerprint density at radius 1 is 0.957 bits per heavy atom. The van der Waals surface area contributed by atoms with Crippen LogP contribution in [0.4, 0.5) is 5.69 Å². The van der Waals surface area contributed by atoms with Crippen LogP contribution in [0.5, 0.6) is 5.75 Å². The largest absolute Gasteiger partial charge is 0.490 e. The Hall–Kier alpha value is -2.01. The van der Waals surface area contributed by atoms with Crippen molar-refractivity contribution >= 4 is 15.7 Å². The molecule has 0 aliphatic heterocycles. The first-order chi connectivity index (χ1) is 11.0. The van der Waals surface area contributed by atoms with Crippen LogP contribution in [0.1, 0.15) is 31.2 Å². The van der Waals surface area contributed by atoms with E-state index < -0.39 is 10.0 Å². The van der Waals surface area contributed by atoms with Gasteiger partial charge in [0.2, 0.25) is 0 Å². The molecule has 5 heteroatoms. The lowest BCUT2D eigenvalue weighted by molar-refractivity contribution is 0.210. The molecule has 1 fully saturated rings. The number of rotatable bonds is 5. The van der Waals surface area contributed by atoms with E-state index in [-0.39, 0.29) is 4.90 Å². The Morgan fingerprint density at radius 2 is 1.57 bits per heavy atom. The molecule has 0 amide bonds. The van der Waals surface area contributed by atoms with Crippen LogP contribution in [0.3, 0.4) is 0 Å². The predicted molar refractivity (Wildman–Crippen MR) is 91.3 cm³/mol. The van der Waals surface area contributed by atoms with Crippen LogP contribution in [-0.2, 0) is 10.0 Å². The third kappa shape index (κ3) is 4.05. The average molecular weight is 331 g/mol. The molecule has 1 aliphatic rings. The fourth-order valence-electron chi connectivity index (χ4n) is 2.73. The first-order valence-corrected chi connectivity index (χ1v) is 9.37. The summed E-state index contributed by atoms with van der Waals surface area (Å²) in [7, 11) is -3.56. The number of anilines is 1. The lowest BCUT2D eigenvalue weighted by atomic mass is 10.2. The summed E-state index contributed by atoms with van der Waals surface area (Å²) in [4.78, 5) is 0.259. The van der Waals surface area contributed by atoms with E-state index in [0.29, 0.717) is 11.8 Å². The smallest absolute Gasteiger partial charge is 0.261 e. The zero-order chi connectivity index (χ0) is 16.3. The van der Waals surface area contributed by atoms with Gasteiger partial charge in [0.25, 0.3) is 10.0 Å². The highest BCUT2D eigenvalue weighted by atomic mass is 32.2. The molecule has 0 spiro atoms. The van der Waals surface area contributed by atoms with E-state index in [1.54, 1.807) is 36.4 Å². The molecule has 0 unspecified atom stereocenters. The van der Waals surface area contributed by atoms with E-state index in [0.717, 1.165) is 24.2 Å². The SMILES string of the molecule is Cc1ccc(S(=O)(=O)Nc2ccc(OC3CCCC3)cc2)cc1. The van der Waals surface area contributed by atoms with E-state index in [4.69, 9.17) is 4.74 Å². The molecule has 0 bridgehead atoms. The maximum atomic E-state index is 12.3. The number of hydrogen-bond donors (Lipinski definition) is 1. The number of hydrogen-bond acceptors (Lipinski definition) is 3. The monoisotopic (exact) mass is 331 g/mol. The summed E-state index contributed by atoms with van der Waals surface area (Å²) in [5.41, 5.74) is 1.56. The highest BCUT2D eigenvalue weighted by molar-refractivity contribution is 7.92. The molecular formula is C18H21NO3S. The third-order valence-corrected chi connectivity index (χ3v) is 5.44. The van der Waals surface area contributed by atoms with Crippen molar-refractivity contribution in [2.24, 2.45) is 0 Å². The lowest BCUT2D eigenvalue weighted by Gasteiger charge is -2.14. The minimum absolute atomic E-state index is 0.259. The van der Waals surface area contributed by atoms with Gasteiger partial charge in [-0.05, 0) is 69.0 Å². The number of benzene rings is 2. The second kappa shape index (κ2) is 6.62. The number of sulfonamides is 1. The Labute approximate surface area is 137 Å². The Morgan fingerprint density at radius 3 is 2.17 bits per heavy atom. The molecule has 1 N–H and O–H groups in total. The topological polar surface area (TPSA) is 55.4 Å². The van der Waals surface area contributed by atoms with Gasteiger partial charge in [-0.25, -0.2) is 8.42 Å². The van der Waals surface area contributed by atoms with E-state index >= 15 is 0 Å². The second-order valence-corrected chi connectivity index (χ2v) is 7.65. The molecular weight excluding hydrogens is 310 g/mol. The van der Waals surface area contributed by atoms with Crippen LogP contribution in [0, 0.1) is 6.92 Å². The quantitative estimate of drug-likeness (QED) is 0.897. The minimum atomic E-state index is -3.56. The first kappa shape index (κ1) is 15.9. The summed E-state index contributed by atoms with van der Waals surface area (Å²) >= 11 is 0. The summed E-state index contributed by atoms with van der Waals surface area (Å²) in [6, 6.07) is 13.9. The van der Waals surface area contributed by atoms with Crippen LogP contribution >= 0.6 is 0 Å². The third-order valence-electron chi connectivity index (χ3n) is 4.04. The van der Waals surface area contributed by atoms with Crippen LogP contribution < -0.4 is 9.46 Å². The number of ether oxygens (including phenoxy) is 1. The number of nitrogens with one attached hydrogen (secondary N) is 1. The molecule has 122 valence electrons. The van der Waals surface area contributed by atoms with Crippen molar-refractivity contribution in [1.82, 2.24) is 0 Å². The molecule has 23 heavy (non-hydrogen) atoms. The summed E-state index contributed by atoms with van der Waals surface area (Å²) in [5.74, 6) is 0.787. The minimum Gasteiger partial charge on any atom is -0.490 e. The zero-order valence-electron chi connectivity index (χ0n) is 13.2. The van der Waals surface area contributed by atoms with Gasteiger partial charge >= 0.3 is 0 Å². The summed E-state index contributed by atoms with van der Waals surface area (Å²) in [6.07, 6.45) is 4.94. The van der Waals surface area contributed by atoms with Gasteiger partial charge in [0, 0.05) is 5.69 Å². The van der Waals surface area contributed by atoms with E-state index in [1.807, 2.05) is 19.1 Å². The van der Waals surface area contributed by atoms with Crippen molar-refractivity contribution in [1.29, 1.82) is 0 Å². The van der Waals surface area contributed by atoms with Gasteiger partial charge in [0.1, 0.15) is 5.75 Å². The molecule has 1 saturated carbocycles. The van der Waals surface area contributed by atoms with Gasteiger partial charge < -0.3 is 4.74 Å². The fourth-order valence-corrected chi connectivity index (χ4v) is 3.79. The molecule has 0 saturated heterocycles. The maximum absolute atomic E-state index is 12.3. The van der Waals surface area contributed by atoms with Crippen LogP contribution in [0.25, 0.3) is 0 Å². The standard InChI is InChI=1S/C18H21NO3S/c1-14-6-12-18(13-7-14)23(20,21)19-15-8-10-17(11-9-15)22-16-4-2-3-5-16/h6-13,16,19H,2-5H2,1H3. The highest BCUT2D eigenvalue weighted by Gasteiger charge is 2.17. The van der Waals surface area contributed by atoms with Gasteiger partial charge in [-0.3, -0.25) is 4.72 Å². The van der Waals surface area contributed by atoms with Gasteiger partial charge in [-0.15, -0.1) is 0 Å². The first-order valence-electron chi connectivity index (χ1n) is 7.89. The van der Waals surface area contributed by atoms with Crippen molar-refractivity contribution in [2.75, 3.05) is 4.72 Å². The van der Waals surface area contributed by atoms with Crippen LogP contribution in [0.15, 0.2) is 53.4 Å². The van der Waals surface area contributed by atoms with E-state index in [9.17, 15) is 8.42 Å². The fraction of sp³-hybridized carbons (Fsp3) is 0.333.